The van der Waals surface area contributed by atoms with Gasteiger partial charge in [-0.3, -0.25) is 0 Å². The molecule has 0 radical (unpaired) electrons. The normalized spacial score (nSPS) is 52.6. The number of hydrogen-bond acceptors (Lipinski definition) is 1. The largest absolute Gasteiger partial charge is 0.386 e. The molecule has 0 amide bonds. The zero-order valence-corrected chi connectivity index (χ0v) is 8.76. The number of hydrogen-bond donors (Lipinski definition) is 1. The van der Waals surface area contributed by atoms with E-state index in [9.17, 15) is 9.50 Å². The van der Waals surface area contributed by atoms with Crippen molar-refractivity contribution >= 4 is 39.1 Å². The monoisotopic (exact) mass is 264 g/mol. The quantitative estimate of drug-likeness (QED) is 0.668. The molecule has 0 heterocycles. The Labute approximate surface area is 83.0 Å². The van der Waals surface area contributed by atoms with Crippen LogP contribution < -0.4 is 0 Å². The first-order valence-electron chi connectivity index (χ1n) is 3.30. The number of halogens is 4. The smallest absolute Gasteiger partial charge is 0.211 e. The molecule has 0 bridgehead atoms. The van der Waals surface area contributed by atoms with Crippen LogP contribution >= 0.6 is 39.1 Å². The Balaban J connectivity index is 2.76. The van der Waals surface area contributed by atoms with Crippen LogP contribution in [0.2, 0.25) is 0 Å². The summed E-state index contributed by atoms with van der Waals surface area (Å²) in [7, 11) is 0. The molecule has 1 aliphatic rings. The average Bonchev–Trinajstić information content (AvgIpc) is 1.82. The second-order valence-corrected chi connectivity index (χ2v) is 5.95. The lowest BCUT2D eigenvalue weighted by Gasteiger charge is -2.38. The number of aliphatic hydroxyl groups excluding tert-OH is 1. The van der Waals surface area contributed by atoms with E-state index in [1.54, 1.807) is 0 Å². The molecule has 11 heavy (non-hydrogen) atoms. The molecule has 0 aliphatic heterocycles. The minimum atomic E-state index is -2.08. The van der Waals surface area contributed by atoms with Gasteiger partial charge in [0.05, 0.1) is 0 Å². The van der Waals surface area contributed by atoms with Gasteiger partial charge in [-0.15, -0.1) is 11.6 Å². The third-order valence-electron chi connectivity index (χ3n) is 1.82. The van der Waals surface area contributed by atoms with E-state index in [0.717, 1.165) is 0 Å². The van der Waals surface area contributed by atoms with Crippen LogP contribution in [0.1, 0.15) is 19.3 Å². The Bertz CT molecular complexity index is 147. The van der Waals surface area contributed by atoms with E-state index in [4.69, 9.17) is 23.2 Å². The molecule has 0 aromatic carbocycles. The summed E-state index contributed by atoms with van der Waals surface area (Å²) in [6.07, 6.45) is -0.109. The standard InChI is InChI=1S/C6H8BrCl2FO/c7-5(8)2-1-3-6(9,10)4(5)11/h4,11H,1-3H2. The Kier molecular flexibility index (Phi) is 2.75. The second-order valence-electron chi connectivity index (χ2n) is 2.78. The van der Waals surface area contributed by atoms with Gasteiger partial charge in [-0.05, 0) is 19.3 Å². The van der Waals surface area contributed by atoms with Crippen LogP contribution in [0.25, 0.3) is 0 Å². The maximum absolute atomic E-state index is 13.2. The van der Waals surface area contributed by atoms with Gasteiger partial charge in [0.15, 0.2) is 0 Å². The first-order chi connectivity index (χ1) is 4.86. The topological polar surface area (TPSA) is 20.2 Å². The molecule has 0 aromatic rings. The van der Waals surface area contributed by atoms with E-state index in [-0.39, 0.29) is 6.42 Å². The van der Waals surface area contributed by atoms with Crippen molar-refractivity contribution in [3.63, 3.8) is 0 Å². The fraction of sp³-hybridized carbons (Fsp3) is 1.00. The minimum Gasteiger partial charge on any atom is -0.386 e. The summed E-state index contributed by atoms with van der Waals surface area (Å²) in [5.74, 6) is 0. The summed E-state index contributed by atoms with van der Waals surface area (Å²) in [6.45, 7) is 0. The molecular weight excluding hydrogens is 258 g/mol. The van der Waals surface area contributed by atoms with Crippen molar-refractivity contribution in [3.05, 3.63) is 0 Å². The van der Waals surface area contributed by atoms with E-state index in [2.05, 4.69) is 15.9 Å². The zero-order chi connectivity index (χ0) is 8.70. The highest BCUT2D eigenvalue weighted by Crippen LogP contribution is 2.47. The highest BCUT2D eigenvalue weighted by atomic mass is 79.9. The van der Waals surface area contributed by atoms with E-state index in [1.165, 1.54) is 0 Å². The zero-order valence-electron chi connectivity index (χ0n) is 5.66. The number of alkyl halides is 4. The van der Waals surface area contributed by atoms with Gasteiger partial charge in [0.2, 0.25) is 5.13 Å². The molecule has 1 N–H and O–H groups in total. The SMILES string of the molecule is OC1C(F)(Cl)CCCC1(Cl)Br. The van der Waals surface area contributed by atoms with E-state index in [0.29, 0.717) is 12.8 Å². The van der Waals surface area contributed by atoms with Crippen molar-refractivity contribution in [2.45, 2.75) is 34.3 Å². The maximum atomic E-state index is 13.2. The predicted molar refractivity (Wildman–Crippen MR) is 47.1 cm³/mol. The number of rotatable bonds is 0. The molecule has 1 nitrogen and oxygen atoms in total. The lowest BCUT2D eigenvalue weighted by atomic mass is 9.95. The van der Waals surface area contributed by atoms with Crippen molar-refractivity contribution in [2.75, 3.05) is 0 Å². The van der Waals surface area contributed by atoms with Gasteiger partial charge < -0.3 is 5.11 Å². The highest BCUT2D eigenvalue weighted by Gasteiger charge is 2.51. The van der Waals surface area contributed by atoms with Crippen molar-refractivity contribution in [2.24, 2.45) is 0 Å². The van der Waals surface area contributed by atoms with E-state index < -0.39 is 15.0 Å². The van der Waals surface area contributed by atoms with Crippen LogP contribution in [-0.2, 0) is 0 Å². The lowest BCUT2D eigenvalue weighted by Crippen LogP contribution is -2.48. The summed E-state index contributed by atoms with van der Waals surface area (Å²) >= 11 is 14.1. The van der Waals surface area contributed by atoms with Crippen LogP contribution in [-0.4, -0.2) is 20.1 Å². The van der Waals surface area contributed by atoms with Gasteiger partial charge in [0.1, 0.15) is 9.89 Å². The van der Waals surface area contributed by atoms with Crippen molar-refractivity contribution < 1.29 is 9.50 Å². The van der Waals surface area contributed by atoms with E-state index in [1.807, 2.05) is 0 Å². The second kappa shape index (κ2) is 3.02. The van der Waals surface area contributed by atoms with Gasteiger partial charge in [-0.2, -0.15) is 0 Å². The molecule has 3 atom stereocenters. The van der Waals surface area contributed by atoms with Crippen LogP contribution in [0.15, 0.2) is 0 Å². The van der Waals surface area contributed by atoms with Crippen LogP contribution in [0.5, 0.6) is 0 Å². The van der Waals surface area contributed by atoms with Gasteiger partial charge in [-0.25, -0.2) is 4.39 Å². The summed E-state index contributed by atoms with van der Waals surface area (Å²) in [5, 5.41) is 7.20. The Hall–Kier alpha value is 0.950. The molecule has 1 saturated carbocycles. The molecule has 5 heteroatoms. The number of aliphatic hydroxyl groups is 1. The van der Waals surface area contributed by atoms with Crippen LogP contribution in [0.3, 0.4) is 0 Å². The third-order valence-corrected chi connectivity index (χ3v) is 3.44. The fourth-order valence-corrected chi connectivity index (χ4v) is 2.60. The lowest BCUT2D eigenvalue weighted by molar-refractivity contribution is 0.0130. The minimum absolute atomic E-state index is 0.149. The Morgan fingerprint density at radius 2 is 2.00 bits per heavy atom. The molecule has 3 unspecified atom stereocenters. The first kappa shape index (κ1) is 10.0. The summed E-state index contributed by atoms with van der Waals surface area (Å²) < 4.78 is 12.1. The molecule has 1 aliphatic carbocycles. The van der Waals surface area contributed by atoms with Gasteiger partial charge in [0.25, 0.3) is 0 Å². The van der Waals surface area contributed by atoms with Gasteiger partial charge in [-0.1, -0.05) is 27.5 Å². The Morgan fingerprint density at radius 1 is 1.45 bits per heavy atom. The van der Waals surface area contributed by atoms with Gasteiger partial charge in [0, 0.05) is 0 Å². The van der Waals surface area contributed by atoms with Gasteiger partial charge >= 0.3 is 0 Å². The molecule has 0 saturated heterocycles. The van der Waals surface area contributed by atoms with Crippen LogP contribution in [0.4, 0.5) is 4.39 Å². The first-order valence-corrected chi connectivity index (χ1v) is 4.85. The van der Waals surface area contributed by atoms with Crippen LogP contribution in [0, 0.1) is 0 Å². The fourth-order valence-electron chi connectivity index (χ4n) is 1.14. The molecule has 0 spiro atoms. The third kappa shape index (κ3) is 2.00. The maximum Gasteiger partial charge on any atom is 0.211 e. The molecule has 1 rings (SSSR count). The van der Waals surface area contributed by atoms with Crippen molar-refractivity contribution in [3.8, 4) is 0 Å². The molecular formula is C6H8BrCl2FO. The molecule has 0 aromatic heterocycles. The molecule has 66 valence electrons. The predicted octanol–water partition coefficient (Wildman–Crippen LogP) is 2.77. The summed E-state index contributed by atoms with van der Waals surface area (Å²) in [4.78, 5) is 0. The van der Waals surface area contributed by atoms with E-state index >= 15 is 0 Å². The summed E-state index contributed by atoms with van der Waals surface area (Å²) in [5.41, 5.74) is 0. The molecule has 1 fully saturated rings. The average molecular weight is 266 g/mol. The Morgan fingerprint density at radius 3 is 2.36 bits per heavy atom. The highest BCUT2D eigenvalue weighted by molar-refractivity contribution is 9.10. The van der Waals surface area contributed by atoms with Crippen molar-refractivity contribution in [1.29, 1.82) is 0 Å². The van der Waals surface area contributed by atoms with Crippen molar-refractivity contribution in [1.82, 2.24) is 0 Å². The summed E-state index contributed by atoms with van der Waals surface area (Å²) in [6, 6.07) is 0.